The lowest BCUT2D eigenvalue weighted by molar-refractivity contribution is -0.114. The van der Waals surface area contributed by atoms with Crippen molar-refractivity contribution in [3.8, 4) is 5.75 Å². The van der Waals surface area contributed by atoms with E-state index in [1.54, 1.807) is 0 Å². The smallest absolute Gasteiger partial charge is 0.337 e. The molecule has 0 aliphatic rings. The number of rotatable bonds is 3. The van der Waals surface area contributed by atoms with Gasteiger partial charge in [-0.25, -0.2) is 9.59 Å². The molecular formula is C16H17N3O6. The molecule has 1 amide bonds. The monoisotopic (exact) mass is 347 g/mol. The molecule has 0 saturated heterocycles. The van der Waals surface area contributed by atoms with Crippen LogP contribution in [0.2, 0.25) is 0 Å². The molecule has 132 valence electrons. The van der Waals surface area contributed by atoms with E-state index in [4.69, 9.17) is 26.8 Å². The number of nitrogen functional groups attached to an aromatic ring is 2. The van der Waals surface area contributed by atoms with E-state index < -0.39 is 11.9 Å². The van der Waals surface area contributed by atoms with Crippen LogP contribution in [0.15, 0.2) is 36.4 Å². The van der Waals surface area contributed by atoms with E-state index in [2.05, 4.69) is 5.32 Å². The fraction of sp³-hybridized carbons (Fsp3) is 0.0625. The predicted octanol–water partition coefficient (Wildman–Crippen LogP) is 1.60. The van der Waals surface area contributed by atoms with Gasteiger partial charge < -0.3 is 32.1 Å². The summed E-state index contributed by atoms with van der Waals surface area (Å²) < 4.78 is 0. The first kappa shape index (κ1) is 19.3. The van der Waals surface area contributed by atoms with Crippen LogP contribution in [-0.2, 0) is 4.79 Å². The van der Waals surface area contributed by atoms with Crippen LogP contribution in [0.1, 0.15) is 27.6 Å². The third-order valence-electron chi connectivity index (χ3n) is 2.79. The summed E-state index contributed by atoms with van der Waals surface area (Å²) in [5.41, 5.74) is 11.6. The molecule has 9 nitrogen and oxygen atoms in total. The molecule has 0 unspecified atom stereocenters. The third kappa shape index (κ3) is 6.10. The van der Waals surface area contributed by atoms with Crippen molar-refractivity contribution in [3.05, 3.63) is 47.5 Å². The fourth-order valence-corrected chi connectivity index (χ4v) is 1.78. The molecule has 2 rings (SSSR count). The molecule has 0 fully saturated rings. The van der Waals surface area contributed by atoms with E-state index in [1.165, 1.54) is 37.3 Å². The zero-order chi connectivity index (χ0) is 19.1. The number of hydrogen-bond donors (Lipinski definition) is 6. The van der Waals surface area contributed by atoms with Crippen LogP contribution in [0, 0.1) is 0 Å². The summed E-state index contributed by atoms with van der Waals surface area (Å²) in [6.07, 6.45) is 0. The van der Waals surface area contributed by atoms with Gasteiger partial charge in [0.05, 0.1) is 11.1 Å². The van der Waals surface area contributed by atoms with E-state index in [-0.39, 0.29) is 28.5 Å². The Morgan fingerprint density at radius 3 is 2.08 bits per heavy atom. The molecule has 9 heteroatoms. The lowest BCUT2D eigenvalue weighted by atomic mass is 10.2. The molecule has 0 aliphatic heterocycles. The number of carbonyl (C=O) groups is 3. The number of phenolic OH excluding ortho intramolecular Hbond substituents is 1. The number of aromatic carboxylic acids is 2. The number of nitrogens with two attached hydrogens (primary N) is 2. The van der Waals surface area contributed by atoms with E-state index in [9.17, 15) is 14.4 Å². The van der Waals surface area contributed by atoms with Gasteiger partial charge in [-0.05, 0) is 36.4 Å². The van der Waals surface area contributed by atoms with Crippen LogP contribution in [0.25, 0.3) is 0 Å². The standard InChI is InChI=1S/C9H10N2O3.C7H7NO3/c1-5(12)11-8-3-6(9(13)14)2-7(10)4-8;8-6-2-1-4(9)3-5(6)7(10)11/h2-4H,10H2,1H3,(H,11,12)(H,13,14);1-3,9H,8H2,(H,10,11). The van der Waals surface area contributed by atoms with Gasteiger partial charge in [0.2, 0.25) is 5.91 Å². The normalized spacial score (nSPS) is 9.48. The van der Waals surface area contributed by atoms with Crippen molar-refractivity contribution in [1.29, 1.82) is 0 Å². The summed E-state index contributed by atoms with van der Waals surface area (Å²) in [6.45, 7) is 1.34. The van der Waals surface area contributed by atoms with Crippen LogP contribution in [0.5, 0.6) is 5.75 Å². The number of carbonyl (C=O) groups excluding carboxylic acids is 1. The van der Waals surface area contributed by atoms with Crippen molar-refractivity contribution in [3.63, 3.8) is 0 Å². The highest BCUT2D eigenvalue weighted by Crippen LogP contribution is 2.18. The van der Waals surface area contributed by atoms with Crippen molar-refractivity contribution in [2.75, 3.05) is 16.8 Å². The van der Waals surface area contributed by atoms with Crippen LogP contribution >= 0.6 is 0 Å². The van der Waals surface area contributed by atoms with Gasteiger partial charge in [-0.15, -0.1) is 0 Å². The summed E-state index contributed by atoms with van der Waals surface area (Å²) in [4.78, 5) is 31.7. The second kappa shape index (κ2) is 8.20. The van der Waals surface area contributed by atoms with Crippen molar-refractivity contribution in [1.82, 2.24) is 0 Å². The van der Waals surface area contributed by atoms with E-state index in [0.29, 0.717) is 11.4 Å². The highest BCUT2D eigenvalue weighted by Gasteiger charge is 2.07. The minimum absolute atomic E-state index is 0.0498. The van der Waals surface area contributed by atoms with Crippen molar-refractivity contribution < 1.29 is 29.7 Å². The van der Waals surface area contributed by atoms with Gasteiger partial charge in [0, 0.05) is 24.0 Å². The van der Waals surface area contributed by atoms with Crippen molar-refractivity contribution >= 4 is 34.9 Å². The Morgan fingerprint density at radius 1 is 0.960 bits per heavy atom. The molecule has 2 aromatic rings. The lowest BCUT2D eigenvalue weighted by Crippen LogP contribution is -2.07. The second-order valence-corrected chi connectivity index (χ2v) is 4.91. The zero-order valence-electron chi connectivity index (χ0n) is 13.2. The highest BCUT2D eigenvalue weighted by atomic mass is 16.4. The number of anilines is 3. The molecule has 0 bridgehead atoms. The summed E-state index contributed by atoms with van der Waals surface area (Å²) in [7, 11) is 0. The van der Waals surface area contributed by atoms with Crippen LogP contribution in [0.3, 0.4) is 0 Å². The number of carboxylic acid groups (broad SMARTS) is 2. The van der Waals surface area contributed by atoms with Crippen LogP contribution < -0.4 is 16.8 Å². The minimum Gasteiger partial charge on any atom is -0.508 e. The van der Waals surface area contributed by atoms with Gasteiger partial charge >= 0.3 is 11.9 Å². The molecule has 8 N–H and O–H groups in total. The first-order chi connectivity index (χ1) is 11.6. The highest BCUT2D eigenvalue weighted by molar-refractivity contribution is 5.94. The van der Waals surface area contributed by atoms with Crippen LogP contribution in [0.4, 0.5) is 17.1 Å². The van der Waals surface area contributed by atoms with Gasteiger partial charge in [0.1, 0.15) is 5.75 Å². The number of amides is 1. The van der Waals surface area contributed by atoms with Gasteiger partial charge in [-0.2, -0.15) is 0 Å². The Bertz CT molecular complexity index is 820. The molecular weight excluding hydrogens is 330 g/mol. The average molecular weight is 347 g/mol. The topological polar surface area (TPSA) is 176 Å². The number of nitrogens with one attached hydrogen (secondary N) is 1. The largest absolute Gasteiger partial charge is 0.508 e. The Morgan fingerprint density at radius 2 is 1.60 bits per heavy atom. The Hall–Kier alpha value is -3.75. The summed E-state index contributed by atoms with van der Waals surface area (Å²) >= 11 is 0. The molecule has 0 radical (unpaired) electrons. The number of carboxylic acids is 2. The first-order valence-electron chi connectivity index (χ1n) is 6.83. The maximum atomic E-state index is 10.7. The maximum absolute atomic E-state index is 10.7. The second-order valence-electron chi connectivity index (χ2n) is 4.91. The SMILES string of the molecule is CC(=O)Nc1cc(N)cc(C(=O)O)c1.Nc1ccc(O)cc1C(=O)O. The molecule has 25 heavy (non-hydrogen) atoms. The number of benzene rings is 2. The van der Waals surface area contributed by atoms with Gasteiger partial charge in [-0.1, -0.05) is 0 Å². The number of hydrogen-bond acceptors (Lipinski definition) is 6. The zero-order valence-corrected chi connectivity index (χ0v) is 13.2. The number of aromatic hydroxyl groups is 1. The summed E-state index contributed by atoms with van der Waals surface area (Å²) in [5, 5.41) is 28.5. The summed E-state index contributed by atoms with van der Waals surface area (Å²) in [6, 6.07) is 7.96. The molecule has 0 aromatic heterocycles. The quantitative estimate of drug-likeness (QED) is 0.358. The molecule has 0 aliphatic carbocycles. The molecule has 0 saturated carbocycles. The van der Waals surface area contributed by atoms with Gasteiger partial charge in [0.15, 0.2) is 0 Å². The van der Waals surface area contributed by atoms with Crippen molar-refractivity contribution in [2.45, 2.75) is 6.92 Å². The molecule has 0 heterocycles. The average Bonchev–Trinajstić information content (AvgIpc) is 2.48. The molecule has 2 aromatic carbocycles. The van der Waals surface area contributed by atoms with Gasteiger partial charge in [0.25, 0.3) is 0 Å². The molecule has 0 atom stereocenters. The minimum atomic E-state index is -1.14. The van der Waals surface area contributed by atoms with Crippen molar-refractivity contribution in [2.24, 2.45) is 0 Å². The predicted molar refractivity (Wildman–Crippen MR) is 91.6 cm³/mol. The Kier molecular flexibility index (Phi) is 6.33. The van der Waals surface area contributed by atoms with Gasteiger partial charge in [-0.3, -0.25) is 4.79 Å². The first-order valence-corrected chi connectivity index (χ1v) is 6.83. The van der Waals surface area contributed by atoms with E-state index in [0.717, 1.165) is 6.07 Å². The van der Waals surface area contributed by atoms with E-state index in [1.807, 2.05) is 0 Å². The summed E-state index contributed by atoms with van der Waals surface area (Å²) in [5.74, 6) is -2.59. The number of phenols is 1. The lowest BCUT2D eigenvalue weighted by Gasteiger charge is -2.04. The fourth-order valence-electron chi connectivity index (χ4n) is 1.78. The van der Waals surface area contributed by atoms with Crippen LogP contribution in [-0.4, -0.2) is 33.2 Å². The Balaban J connectivity index is 0.000000257. The van der Waals surface area contributed by atoms with E-state index >= 15 is 0 Å². The Labute approximate surface area is 142 Å². The molecule has 0 spiro atoms. The maximum Gasteiger partial charge on any atom is 0.337 e. The third-order valence-corrected chi connectivity index (χ3v) is 2.79.